The van der Waals surface area contributed by atoms with Crippen molar-refractivity contribution in [3.8, 4) is 0 Å². The molecule has 0 aliphatic heterocycles. The van der Waals surface area contributed by atoms with Crippen LogP contribution in [0.3, 0.4) is 0 Å². The first-order chi connectivity index (χ1) is 7.56. The highest BCUT2D eigenvalue weighted by Crippen LogP contribution is 2.34. The highest BCUT2D eigenvalue weighted by Gasteiger charge is 2.03. The lowest BCUT2D eigenvalue weighted by atomic mass is 10.3. The highest BCUT2D eigenvalue weighted by molar-refractivity contribution is 7.16. The van der Waals surface area contributed by atoms with Gasteiger partial charge in [-0.05, 0) is 51.0 Å². The number of azo groups is 1. The van der Waals surface area contributed by atoms with Gasteiger partial charge in [0.05, 0.1) is 0 Å². The zero-order chi connectivity index (χ0) is 11.7. The fourth-order valence-corrected chi connectivity index (χ4v) is 3.23. The van der Waals surface area contributed by atoms with E-state index in [2.05, 4.69) is 50.1 Å². The third kappa shape index (κ3) is 2.39. The smallest absolute Gasteiger partial charge is 0.138 e. The Bertz CT molecular complexity index is 487. The van der Waals surface area contributed by atoms with E-state index in [1.54, 1.807) is 22.7 Å². The molecule has 0 aliphatic carbocycles. The zero-order valence-corrected chi connectivity index (χ0v) is 11.5. The van der Waals surface area contributed by atoms with Crippen LogP contribution in [0.25, 0.3) is 0 Å². The molecule has 2 nitrogen and oxygen atoms in total. The number of thiophene rings is 2. The third-order valence-corrected chi connectivity index (χ3v) is 4.33. The maximum atomic E-state index is 4.32. The van der Waals surface area contributed by atoms with Gasteiger partial charge < -0.3 is 0 Å². The largest absolute Gasteiger partial charge is 0.142 e. The number of nitrogens with zero attached hydrogens (tertiary/aromatic N) is 2. The van der Waals surface area contributed by atoms with E-state index in [1.807, 2.05) is 0 Å². The lowest BCUT2D eigenvalue weighted by molar-refractivity contribution is 1.24. The van der Waals surface area contributed by atoms with Gasteiger partial charge in [0.1, 0.15) is 10.0 Å². The Morgan fingerprint density at radius 2 is 1.12 bits per heavy atom. The molecule has 0 spiro atoms. The van der Waals surface area contributed by atoms with Gasteiger partial charge in [-0.2, -0.15) is 0 Å². The van der Waals surface area contributed by atoms with E-state index in [4.69, 9.17) is 0 Å². The van der Waals surface area contributed by atoms with E-state index in [0.29, 0.717) is 0 Å². The van der Waals surface area contributed by atoms with Crippen LogP contribution in [-0.2, 0) is 0 Å². The van der Waals surface area contributed by atoms with Gasteiger partial charge in [-0.15, -0.1) is 32.9 Å². The summed E-state index contributed by atoms with van der Waals surface area (Å²) in [5, 5.41) is 10.7. The van der Waals surface area contributed by atoms with Gasteiger partial charge in [-0.3, -0.25) is 0 Å². The molecule has 2 aromatic rings. The maximum absolute atomic E-state index is 4.32. The van der Waals surface area contributed by atoms with Crippen molar-refractivity contribution in [3.63, 3.8) is 0 Å². The van der Waals surface area contributed by atoms with E-state index >= 15 is 0 Å². The van der Waals surface area contributed by atoms with Crippen molar-refractivity contribution in [1.29, 1.82) is 0 Å². The first kappa shape index (κ1) is 11.5. The Morgan fingerprint density at radius 3 is 1.38 bits per heavy atom. The number of aryl methyl sites for hydroxylation is 4. The van der Waals surface area contributed by atoms with Crippen LogP contribution >= 0.6 is 22.7 Å². The molecule has 0 aromatic carbocycles. The second-order valence-corrected chi connectivity index (χ2v) is 6.36. The Labute approximate surface area is 104 Å². The molecule has 0 bridgehead atoms. The molecule has 4 heteroatoms. The van der Waals surface area contributed by atoms with Gasteiger partial charge in [0.15, 0.2) is 0 Å². The Morgan fingerprint density at radius 1 is 0.750 bits per heavy atom. The summed E-state index contributed by atoms with van der Waals surface area (Å²) in [6.07, 6.45) is 0. The molecule has 0 saturated heterocycles. The minimum absolute atomic E-state index is 1.02. The van der Waals surface area contributed by atoms with Crippen LogP contribution in [0.15, 0.2) is 22.4 Å². The summed E-state index contributed by atoms with van der Waals surface area (Å²) >= 11 is 3.38. The Hall–Kier alpha value is -1.000. The summed E-state index contributed by atoms with van der Waals surface area (Å²) in [6.45, 7) is 8.34. The molecule has 0 N–H and O–H groups in total. The second kappa shape index (κ2) is 4.47. The average molecular weight is 250 g/mol. The Kier molecular flexibility index (Phi) is 3.21. The van der Waals surface area contributed by atoms with E-state index in [1.165, 1.54) is 20.9 Å². The molecule has 16 heavy (non-hydrogen) atoms. The van der Waals surface area contributed by atoms with Gasteiger partial charge >= 0.3 is 0 Å². The van der Waals surface area contributed by atoms with E-state index in [0.717, 1.165) is 10.0 Å². The molecule has 2 heterocycles. The second-order valence-electron chi connectivity index (χ2n) is 3.89. The molecular weight excluding hydrogens is 236 g/mol. The normalized spacial score (nSPS) is 11.5. The number of rotatable bonds is 2. The lowest BCUT2D eigenvalue weighted by Gasteiger charge is -1.89. The van der Waals surface area contributed by atoms with Crippen LogP contribution in [0.2, 0.25) is 0 Å². The average Bonchev–Trinajstić information content (AvgIpc) is 2.66. The fourth-order valence-electron chi connectivity index (χ4n) is 1.55. The molecule has 84 valence electrons. The predicted molar refractivity (Wildman–Crippen MR) is 71.8 cm³/mol. The predicted octanol–water partition coefficient (Wildman–Crippen LogP) is 5.46. The Balaban J connectivity index is 2.27. The van der Waals surface area contributed by atoms with Crippen molar-refractivity contribution >= 4 is 32.7 Å². The van der Waals surface area contributed by atoms with Crippen molar-refractivity contribution in [2.24, 2.45) is 10.2 Å². The summed E-state index contributed by atoms with van der Waals surface area (Å²) in [6, 6.07) is 4.29. The molecule has 2 rings (SSSR count). The summed E-state index contributed by atoms with van der Waals surface area (Å²) < 4.78 is 0. The monoisotopic (exact) mass is 250 g/mol. The molecule has 0 unspecified atom stereocenters. The van der Waals surface area contributed by atoms with Crippen LogP contribution in [-0.4, -0.2) is 0 Å². The molecule has 0 aliphatic rings. The molecule has 0 atom stereocenters. The van der Waals surface area contributed by atoms with Gasteiger partial charge in [-0.1, -0.05) is 0 Å². The van der Waals surface area contributed by atoms with Crippen molar-refractivity contribution in [1.82, 2.24) is 0 Å². The highest BCUT2D eigenvalue weighted by atomic mass is 32.1. The lowest BCUT2D eigenvalue weighted by Crippen LogP contribution is -1.62. The zero-order valence-electron chi connectivity index (χ0n) is 9.87. The summed E-state index contributed by atoms with van der Waals surface area (Å²) in [5.74, 6) is 0. The number of hydrogen-bond donors (Lipinski definition) is 0. The van der Waals surface area contributed by atoms with Gasteiger partial charge in [0.2, 0.25) is 0 Å². The minimum Gasteiger partial charge on any atom is -0.138 e. The van der Waals surface area contributed by atoms with Crippen molar-refractivity contribution in [3.05, 3.63) is 33.0 Å². The van der Waals surface area contributed by atoms with Crippen LogP contribution in [0.5, 0.6) is 0 Å². The molecule has 0 amide bonds. The van der Waals surface area contributed by atoms with Crippen LogP contribution in [0.1, 0.15) is 20.9 Å². The SMILES string of the molecule is Cc1cc(C)c(/N=N\c2sc(C)cc2C)s1. The summed E-state index contributed by atoms with van der Waals surface area (Å²) in [4.78, 5) is 2.57. The molecule has 0 radical (unpaired) electrons. The van der Waals surface area contributed by atoms with Gasteiger partial charge in [0.25, 0.3) is 0 Å². The topological polar surface area (TPSA) is 24.7 Å². The van der Waals surface area contributed by atoms with Gasteiger partial charge in [0, 0.05) is 9.75 Å². The van der Waals surface area contributed by atoms with Crippen molar-refractivity contribution in [2.45, 2.75) is 27.7 Å². The summed E-state index contributed by atoms with van der Waals surface area (Å²) in [5.41, 5.74) is 2.41. The van der Waals surface area contributed by atoms with E-state index < -0.39 is 0 Å². The standard InChI is InChI=1S/C12H14N2S2/c1-7-5-9(3)15-11(7)13-14-12-8(2)6-10(4)16-12/h5-6H,1-4H3/b14-13-. The number of hydrogen-bond acceptors (Lipinski definition) is 4. The van der Waals surface area contributed by atoms with Crippen LogP contribution in [0.4, 0.5) is 10.0 Å². The molecule has 0 saturated carbocycles. The van der Waals surface area contributed by atoms with Crippen molar-refractivity contribution < 1.29 is 0 Å². The molecular formula is C12H14N2S2. The minimum atomic E-state index is 1.02. The first-order valence-electron chi connectivity index (χ1n) is 5.12. The maximum Gasteiger partial charge on any atom is 0.142 e. The first-order valence-corrected chi connectivity index (χ1v) is 6.75. The van der Waals surface area contributed by atoms with Crippen LogP contribution < -0.4 is 0 Å². The van der Waals surface area contributed by atoms with E-state index in [-0.39, 0.29) is 0 Å². The van der Waals surface area contributed by atoms with Crippen LogP contribution in [0, 0.1) is 27.7 Å². The van der Waals surface area contributed by atoms with Crippen molar-refractivity contribution in [2.75, 3.05) is 0 Å². The molecule has 0 fully saturated rings. The third-order valence-electron chi connectivity index (χ3n) is 2.26. The fraction of sp³-hybridized carbons (Fsp3) is 0.333. The summed E-state index contributed by atoms with van der Waals surface area (Å²) in [7, 11) is 0. The van der Waals surface area contributed by atoms with E-state index in [9.17, 15) is 0 Å². The van der Waals surface area contributed by atoms with Gasteiger partial charge in [-0.25, -0.2) is 0 Å². The molecule has 2 aromatic heterocycles. The quantitative estimate of drug-likeness (QED) is 0.632.